The van der Waals surface area contributed by atoms with Crippen LogP contribution in [-0.4, -0.2) is 48.6 Å². The molecule has 2 aromatic carbocycles. The van der Waals surface area contributed by atoms with E-state index >= 15 is 0 Å². The van der Waals surface area contributed by atoms with Crippen molar-refractivity contribution in [3.05, 3.63) is 58.2 Å². The van der Waals surface area contributed by atoms with E-state index in [0.717, 1.165) is 21.8 Å². The van der Waals surface area contributed by atoms with Crippen LogP contribution in [0.15, 0.2) is 36.4 Å². The highest BCUT2D eigenvalue weighted by Gasteiger charge is 2.76. The average molecular weight is 864 g/mol. The fourth-order valence-electron chi connectivity index (χ4n) is 2.55. The highest BCUT2D eigenvalue weighted by atomic mass is 127. The molecule has 0 amide bonds. The van der Waals surface area contributed by atoms with Gasteiger partial charge in [-0.2, -0.15) is 34.8 Å². The molecule has 0 fully saturated rings. The van der Waals surface area contributed by atoms with Gasteiger partial charge in [0.05, 0.1) is 18.3 Å². The van der Waals surface area contributed by atoms with Gasteiger partial charge in [-0.1, -0.05) is 12.1 Å². The Labute approximate surface area is 234 Å². The van der Waals surface area contributed by atoms with E-state index in [0.29, 0.717) is 13.2 Å². The summed E-state index contributed by atoms with van der Waals surface area (Å²) in [4.78, 5) is 25.2. The Hall–Kier alpha value is -0.940. The van der Waals surface area contributed by atoms with E-state index in [-0.39, 0.29) is 5.75 Å². The van der Waals surface area contributed by atoms with Crippen LogP contribution in [0.5, 0.6) is 5.75 Å². The molecule has 7 nitrogen and oxygen atoms in total. The molecular weight excluding hydrogens is 855 g/mol. The normalized spacial score (nSPS) is 12.9. The van der Waals surface area contributed by atoms with E-state index in [4.69, 9.17) is 9.29 Å². The summed E-state index contributed by atoms with van der Waals surface area (Å²) in [6, 6.07) is 6.96. The van der Waals surface area contributed by atoms with Crippen LogP contribution >= 0.6 is 67.8 Å². The Morgan fingerprint density at radius 1 is 0.857 bits per heavy atom. The molecule has 192 valence electrons. The predicted molar refractivity (Wildman–Crippen MR) is 133 cm³/mol. The third kappa shape index (κ3) is 7.09. The second-order valence-corrected chi connectivity index (χ2v) is 11.6. The van der Waals surface area contributed by atoms with Gasteiger partial charge in [0, 0.05) is 3.57 Å². The van der Waals surface area contributed by atoms with E-state index in [9.17, 15) is 44.3 Å². The van der Waals surface area contributed by atoms with Gasteiger partial charge in [0.25, 0.3) is 10.1 Å². The average Bonchev–Trinajstić information content (AvgIpc) is 2.67. The number of ether oxygens (including phenoxy) is 2. The van der Waals surface area contributed by atoms with Crippen molar-refractivity contribution in [2.45, 2.75) is 18.0 Å². The first kappa shape index (κ1) is 30.3. The Morgan fingerprint density at radius 3 is 1.69 bits per heavy atom. The van der Waals surface area contributed by atoms with E-state index in [2.05, 4.69) is 4.74 Å². The maximum atomic E-state index is 13.5. The molecule has 0 saturated carbocycles. The smallest absolute Gasteiger partial charge is 0.435 e. The first-order valence-electron chi connectivity index (χ1n) is 8.57. The van der Waals surface area contributed by atoms with Crippen LogP contribution in [0.25, 0.3) is 0 Å². The Morgan fingerprint density at radius 2 is 1.29 bits per heavy atom. The summed E-state index contributed by atoms with van der Waals surface area (Å²) >= 11 is 5.64. The SMILES string of the molecule is O=C(Oc1c(I)cc(I)cc1I)c1ccccc1C(=O)OC(CS(=O)(=O)O)(C(F)(F)F)C(F)(F)F. The highest BCUT2D eigenvalue weighted by Crippen LogP contribution is 2.47. The molecular formula is C18H9F6I3O7S. The largest absolute Gasteiger partial charge is 0.438 e. The molecule has 0 saturated heterocycles. The minimum atomic E-state index is -6.51. The third-order valence-electron chi connectivity index (χ3n) is 4.09. The van der Waals surface area contributed by atoms with E-state index in [1.807, 2.05) is 67.8 Å². The Bertz CT molecular complexity index is 1220. The molecule has 0 radical (unpaired) electrons. The van der Waals surface area contributed by atoms with Crippen LogP contribution in [0.3, 0.4) is 0 Å². The van der Waals surface area contributed by atoms with Crippen LogP contribution in [0.2, 0.25) is 0 Å². The first-order valence-corrected chi connectivity index (χ1v) is 13.4. The van der Waals surface area contributed by atoms with Gasteiger partial charge in [-0.3, -0.25) is 4.55 Å². The predicted octanol–water partition coefficient (Wildman–Crippen LogP) is 5.63. The van der Waals surface area contributed by atoms with E-state index in [1.54, 1.807) is 12.1 Å². The van der Waals surface area contributed by atoms with Crippen molar-refractivity contribution in [2.75, 3.05) is 5.75 Å². The number of esters is 2. The van der Waals surface area contributed by atoms with Gasteiger partial charge in [0.1, 0.15) is 5.75 Å². The quantitative estimate of drug-likeness (QED) is 0.132. The van der Waals surface area contributed by atoms with E-state index < -0.39 is 56.9 Å². The van der Waals surface area contributed by atoms with Crippen molar-refractivity contribution in [3.63, 3.8) is 0 Å². The summed E-state index contributed by atoms with van der Waals surface area (Å²) in [5, 5.41) is 0. The van der Waals surface area contributed by atoms with Crippen LogP contribution < -0.4 is 4.74 Å². The molecule has 0 aliphatic carbocycles. The number of hydrogen-bond acceptors (Lipinski definition) is 6. The summed E-state index contributed by atoms with van der Waals surface area (Å²) in [7, 11) is -5.97. The molecule has 0 unspecified atom stereocenters. The van der Waals surface area contributed by atoms with Crippen molar-refractivity contribution < 1.29 is 58.4 Å². The Balaban J connectivity index is 2.54. The second kappa shape index (κ2) is 10.8. The fraction of sp³-hybridized carbons (Fsp3) is 0.222. The van der Waals surface area contributed by atoms with Crippen molar-refractivity contribution >= 4 is 89.8 Å². The monoisotopic (exact) mass is 864 g/mol. The number of halogens is 9. The summed E-state index contributed by atoms with van der Waals surface area (Å²) < 4.78 is 122. The van der Waals surface area contributed by atoms with Gasteiger partial charge in [-0.25, -0.2) is 9.59 Å². The molecule has 0 atom stereocenters. The number of rotatable bonds is 6. The van der Waals surface area contributed by atoms with Crippen LogP contribution in [0.1, 0.15) is 20.7 Å². The minimum Gasteiger partial charge on any atom is -0.435 e. The van der Waals surface area contributed by atoms with Gasteiger partial charge in [0.15, 0.2) is 5.75 Å². The first-order chi connectivity index (χ1) is 15.8. The zero-order valence-corrected chi connectivity index (χ0v) is 23.7. The lowest BCUT2D eigenvalue weighted by atomic mass is 10.0. The van der Waals surface area contributed by atoms with Crippen molar-refractivity contribution in [1.29, 1.82) is 0 Å². The topological polar surface area (TPSA) is 107 Å². The van der Waals surface area contributed by atoms with Crippen LogP contribution in [-0.2, 0) is 14.9 Å². The van der Waals surface area contributed by atoms with Crippen molar-refractivity contribution in [1.82, 2.24) is 0 Å². The summed E-state index contributed by atoms with van der Waals surface area (Å²) in [6.45, 7) is 0. The summed E-state index contributed by atoms with van der Waals surface area (Å²) in [5.74, 6) is -6.67. The third-order valence-corrected chi connectivity index (χ3v) is 7.09. The summed E-state index contributed by atoms with van der Waals surface area (Å²) in [5.41, 5.74) is -7.45. The van der Waals surface area contributed by atoms with E-state index in [1.165, 1.54) is 0 Å². The number of benzene rings is 2. The zero-order chi connectivity index (χ0) is 27.0. The van der Waals surface area contributed by atoms with Crippen molar-refractivity contribution in [2.24, 2.45) is 0 Å². The van der Waals surface area contributed by atoms with Gasteiger partial charge < -0.3 is 9.47 Å². The number of carbonyl (C=O) groups is 2. The van der Waals surface area contributed by atoms with Crippen LogP contribution in [0, 0.1) is 10.7 Å². The van der Waals surface area contributed by atoms with Gasteiger partial charge in [-0.15, -0.1) is 0 Å². The van der Waals surface area contributed by atoms with Crippen LogP contribution in [0.4, 0.5) is 26.3 Å². The van der Waals surface area contributed by atoms with Crippen molar-refractivity contribution in [3.8, 4) is 5.75 Å². The lowest BCUT2D eigenvalue weighted by Crippen LogP contribution is -2.63. The second-order valence-electron chi connectivity index (χ2n) is 6.57. The molecule has 0 aliphatic heterocycles. The zero-order valence-electron chi connectivity index (χ0n) is 16.4. The maximum absolute atomic E-state index is 13.5. The summed E-state index contributed by atoms with van der Waals surface area (Å²) in [6.07, 6.45) is -13.0. The molecule has 0 spiro atoms. The standard InChI is InChI=1S/C18H9F6I3O7S/c19-17(20,21)16(18(22,23)24,7-35(30,31)32)34-15(29)10-4-2-1-3-9(10)14(28)33-13-11(26)5-8(25)6-12(13)27/h1-6H,7H2,(H,30,31,32). The fourth-order valence-corrected chi connectivity index (χ4v) is 7.26. The molecule has 0 aromatic heterocycles. The Kier molecular flexibility index (Phi) is 9.36. The lowest BCUT2D eigenvalue weighted by Gasteiger charge is -2.35. The molecule has 0 aliphatic rings. The lowest BCUT2D eigenvalue weighted by molar-refractivity contribution is -0.356. The molecule has 0 bridgehead atoms. The maximum Gasteiger partial charge on any atom is 0.438 e. The van der Waals surface area contributed by atoms with Gasteiger partial charge in [0.2, 0.25) is 0 Å². The molecule has 17 heteroatoms. The minimum absolute atomic E-state index is 0.0195. The number of hydrogen-bond donors (Lipinski definition) is 1. The number of carbonyl (C=O) groups excluding carboxylic acids is 2. The number of alkyl halides is 6. The molecule has 35 heavy (non-hydrogen) atoms. The highest BCUT2D eigenvalue weighted by molar-refractivity contribution is 14.1. The molecule has 2 rings (SSSR count). The molecule has 2 aromatic rings. The molecule has 0 heterocycles. The van der Waals surface area contributed by atoms with Gasteiger partial charge in [-0.05, 0) is 92.0 Å². The molecule has 1 N–H and O–H groups in total. The van der Waals surface area contributed by atoms with Gasteiger partial charge >= 0.3 is 29.9 Å².